The molecule has 0 aliphatic carbocycles. The molecule has 0 spiro atoms. The summed E-state index contributed by atoms with van der Waals surface area (Å²) in [7, 11) is 0. The van der Waals surface area contributed by atoms with Gasteiger partial charge in [0.25, 0.3) is 0 Å². The lowest BCUT2D eigenvalue weighted by Gasteiger charge is -2.39. The minimum atomic E-state index is 0.0533. The van der Waals surface area contributed by atoms with Crippen LogP contribution >= 0.6 is 0 Å². The summed E-state index contributed by atoms with van der Waals surface area (Å²) in [6.45, 7) is 8.75. The summed E-state index contributed by atoms with van der Waals surface area (Å²) in [5, 5.41) is 0. The first-order chi connectivity index (χ1) is 7.83. The van der Waals surface area contributed by atoms with Crippen LogP contribution in [0, 0.1) is 0 Å². The summed E-state index contributed by atoms with van der Waals surface area (Å²) in [4.78, 5) is 2.58. The molecule has 0 N–H and O–H groups in total. The van der Waals surface area contributed by atoms with Gasteiger partial charge in [-0.1, -0.05) is 43.3 Å². The Bertz CT molecular complexity index is 338. The van der Waals surface area contributed by atoms with Gasteiger partial charge in [0, 0.05) is 0 Å². The zero-order valence-electron chi connectivity index (χ0n) is 10.2. The molecule has 1 aromatic carbocycles. The molecule has 86 valence electrons. The van der Waals surface area contributed by atoms with Crippen LogP contribution in [-0.2, 0) is 5.54 Å². The van der Waals surface area contributed by atoms with Crippen molar-refractivity contribution >= 4 is 0 Å². The van der Waals surface area contributed by atoms with E-state index in [4.69, 9.17) is 0 Å². The fourth-order valence-electron chi connectivity index (χ4n) is 2.84. The van der Waals surface area contributed by atoms with Gasteiger partial charge >= 0.3 is 0 Å². The van der Waals surface area contributed by atoms with Crippen molar-refractivity contribution in [3.05, 3.63) is 48.6 Å². The van der Waals surface area contributed by atoms with Gasteiger partial charge in [-0.25, -0.2) is 0 Å². The first-order valence-electron chi connectivity index (χ1n) is 6.27. The lowest BCUT2D eigenvalue weighted by atomic mass is 9.85. The number of rotatable bonds is 4. The van der Waals surface area contributed by atoms with Crippen LogP contribution in [0.4, 0.5) is 0 Å². The molecule has 0 saturated carbocycles. The minimum Gasteiger partial charge on any atom is -0.290 e. The molecule has 1 unspecified atom stereocenters. The highest BCUT2D eigenvalue weighted by atomic mass is 15.2. The standard InChI is InChI=1S/C15H21N/c1-3-15(4-2,16-12-8-9-13-16)14-10-6-5-7-11-14/h3,5-7,10-11H,1,4,8-9,12-13H2,2H3. The van der Waals surface area contributed by atoms with E-state index in [2.05, 4.69) is 54.8 Å². The van der Waals surface area contributed by atoms with Crippen LogP contribution in [0.2, 0.25) is 0 Å². The Balaban J connectivity index is 2.38. The van der Waals surface area contributed by atoms with Crippen molar-refractivity contribution < 1.29 is 0 Å². The van der Waals surface area contributed by atoms with Crippen molar-refractivity contribution in [2.75, 3.05) is 13.1 Å². The third kappa shape index (κ3) is 1.80. The third-order valence-corrected chi connectivity index (χ3v) is 3.82. The molecule has 1 nitrogen and oxygen atoms in total. The van der Waals surface area contributed by atoms with Crippen molar-refractivity contribution in [3.63, 3.8) is 0 Å². The van der Waals surface area contributed by atoms with E-state index in [0.29, 0.717) is 0 Å². The maximum absolute atomic E-state index is 4.08. The molecule has 2 rings (SSSR count). The van der Waals surface area contributed by atoms with Gasteiger partial charge < -0.3 is 0 Å². The topological polar surface area (TPSA) is 3.24 Å². The molecule has 1 fully saturated rings. The average Bonchev–Trinajstić information content (AvgIpc) is 2.87. The van der Waals surface area contributed by atoms with Crippen LogP contribution in [0.1, 0.15) is 31.7 Å². The van der Waals surface area contributed by atoms with Gasteiger partial charge in [0.15, 0.2) is 0 Å². The van der Waals surface area contributed by atoms with E-state index in [-0.39, 0.29) is 5.54 Å². The Morgan fingerprint density at radius 1 is 1.25 bits per heavy atom. The Kier molecular flexibility index (Phi) is 3.45. The predicted molar refractivity (Wildman–Crippen MR) is 69.4 cm³/mol. The Morgan fingerprint density at radius 2 is 1.88 bits per heavy atom. The molecule has 1 aromatic rings. The molecule has 1 heteroatoms. The van der Waals surface area contributed by atoms with Gasteiger partial charge in [-0.15, -0.1) is 6.58 Å². The molecule has 1 saturated heterocycles. The lowest BCUT2D eigenvalue weighted by molar-refractivity contribution is 0.161. The minimum absolute atomic E-state index is 0.0533. The van der Waals surface area contributed by atoms with Crippen LogP contribution in [-0.4, -0.2) is 18.0 Å². The van der Waals surface area contributed by atoms with E-state index < -0.39 is 0 Å². The second-order valence-electron chi connectivity index (χ2n) is 4.54. The highest BCUT2D eigenvalue weighted by molar-refractivity contribution is 5.29. The third-order valence-electron chi connectivity index (χ3n) is 3.82. The van der Waals surface area contributed by atoms with Gasteiger partial charge in [0.2, 0.25) is 0 Å². The molecule has 0 amide bonds. The van der Waals surface area contributed by atoms with E-state index in [1.54, 1.807) is 0 Å². The maximum Gasteiger partial charge on any atom is 0.0640 e. The van der Waals surface area contributed by atoms with Gasteiger partial charge in [-0.3, -0.25) is 4.90 Å². The second-order valence-corrected chi connectivity index (χ2v) is 4.54. The zero-order chi connectivity index (χ0) is 11.4. The molecule has 1 heterocycles. The molecular formula is C15H21N. The molecule has 0 bridgehead atoms. The summed E-state index contributed by atoms with van der Waals surface area (Å²) in [6.07, 6.45) is 5.87. The van der Waals surface area contributed by atoms with E-state index >= 15 is 0 Å². The summed E-state index contributed by atoms with van der Waals surface area (Å²) >= 11 is 0. The number of hydrogen-bond donors (Lipinski definition) is 0. The van der Waals surface area contributed by atoms with Gasteiger partial charge in [0.1, 0.15) is 0 Å². The van der Waals surface area contributed by atoms with E-state index in [1.165, 1.54) is 31.5 Å². The fraction of sp³-hybridized carbons (Fsp3) is 0.467. The van der Waals surface area contributed by atoms with Crippen molar-refractivity contribution in [1.82, 2.24) is 4.90 Å². The van der Waals surface area contributed by atoms with Crippen molar-refractivity contribution in [3.8, 4) is 0 Å². The average molecular weight is 215 g/mol. The number of nitrogens with zero attached hydrogens (tertiary/aromatic N) is 1. The number of hydrogen-bond acceptors (Lipinski definition) is 1. The first-order valence-corrected chi connectivity index (χ1v) is 6.27. The van der Waals surface area contributed by atoms with Gasteiger partial charge in [-0.05, 0) is 37.9 Å². The fourth-order valence-corrected chi connectivity index (χ4v) is 2.84. The van der Waals surface area contributed by atoms with E-state index in [1.807, 2.05) is 0 Å². The normalized spacial score (nSPS) is 20.6. The van der Waals surface area contributed by atoms with Crippen molar-refractivity contribution in [2.45, 2.75) is 31.7 Å². The van der Waals surface area contributed by atoms with Gasteiger partial charge in [0.05, 0.1) is 5.54 Å². The van der Waals surface area contributed by atoms with Gasteiger partial charge in [-0.2, -0.15) is 0 Å². The first kappa shape index (κ1) is 11.4. The van der Waals surface area contributed by atoms with Crippen LogP contribution < -0.4 is 0 Å². The Hall–Kier alpha value is -1.08. The lowest BCUT2D eigenvalue weighted by Crippen LogP contribution is -2.42. The molecule has 1 atom stereocenters. The van der Waals surface area contributed by atoms with Crippen LogP contribution in [0.25, 0.3) is 0 Å². The molecule has 1 aliphatic heterocycles. The van der Waals surface area contributed by atoms with Crippen molar-refractivity contribution in [2.24, 2.45) is 0 Å². The predicted octanol–water partition coefficient (Wildman–Crippen LogP) is 3.57. The summed E-state index contributed by atoms with van der Waals surface area (Å²) in [6, 6.07) is 10.8. The number of likely N-dealkylation sites (tertiary alicyclic amines) is 1. The summed E-state index contributed by atoms with van der Waals surface area (Å²) in [5.74, 6) is 0. The summed E-state index contributed by atoms with van der Waals surface area (Å²) < 4.78 is 0. The summed E-state index contributed by atoms with van der Waals surface area (Å²) in [5.41, 5.74) is 1.44. The quantitative estimate of drug-likeness (QED) is 0.694. The molecule has 0 radical (unpaired) electrons. The zero-order valence-corrected chi connectivity index (χ0v) is 10.2. The van der Waals surface area contributed by atoms with Crippen molar-refractivity contribution in [1.29, 1.82) is 0 Å². The van der Waals surface area contributed by atoms with Crippen LogP contribution in [0.5, 0.6) is 0 Å². The molecule has 1 aliphatic rings. The highest BCUT2D eigenvalue weighted by Crippen LogP contribution is 2.35. The SMILES string of the molecule is C=CC(CC)(c1ccccc1)N1CCCC1. The Labute approximate surface area is 98.8 Å². The van der Waals surface area contributed by atoms with E-state index in [0.717, 1.165) is 6.42 Å². The largest absolute Gasteiger partial charge is 0.290 e. The maximum atomic E-state index is 4.08. The molecule has 16 heavy (non-hydrogen) atoms. The smallest absolute Gasteiger partial charge is 0.0640 e. The Morgan fingerprint density at radius 3 is 2.38 bits per heavy atom. The second kappa shape index (κ2) is 4.84. The van der Waals surface area contributed by atoms with E-state index in [9.17, 15) is 0 Å². The highest BCUT2D eigenvalue weighted by Gasteiger charge is 2.35. The molecular weight excluding hydrogens is 194 g/mol. The number of benzene rings is 1. The molecule has 0 aromatic heterocycles. The monoisotopic (exact) mass is 215 g/mol. The van der Waals surface area contributed by atoms with Crippen LogP contribution in [0.15, 0.2) is 43.0 Å². The van der Waals surface area contributed by atoms with Crippen LogP contribution in [0.3, 0.4) is 0 Å².